The number of ether oxygens (including phenoxy) is 3. The molecule has 1 aromatic heterocycles. The van der Waals surface area contributed by atoms with Gasteiger partial charge in [-0.3, -0.25) is 0 Å². The molecule has 6 heteroatoms. The number of benzene rings is 1. The van der Waals surface area contributed by atoms with Crippen molar-refractivity contribution in [1.82, 2.24) is 14.9 Å². The minimum atomic E-state index is 0.105. The molecule has 142 valence electrons. The van der Waals surface area contributed by atoms with Gasteiger partial charge >= 0.3 is 0 Å². The maximum atomic E-state index is 5.94. The van der Waals surface area contributed by atoms with Gasteiger partial charge in [0.25, 0.3) is 0 Å². The van der Waals surface area contributed by atoms with E-state index in [2.05, 4.69) is 29.4 Å². The van der Waals surface area contributed by atoms with Crippen LogP contribution in [0.2, 0.25) is 0 Å². The average Bonchev–Trinajstić information content (AvgIpc) is 3.11. The molecule has 0 amide bonds. The first-order valence-corrected chi connectivity index (χ1v) is 9.32. The van der Waals surface area contributed by atoms with Crippen LogP contribution in [0.4, 0.5) is 0 Å². The molecule has 1 aliphatic rings. The van der Waals surface area contributed by atoms with E-state index in [-0.39, 0.29) is 6.10 Å². The summed E-state index contributed by atoms with van der Waals surface area (Å²) in [7, 11) is 3.69. The average molecular weight is 359 g/mol. The summed E-state index contributed by atoms with van der Waals surface area (Å²) >= 11 is 0. The summed E-state index contributed by atoms with van der Waals surface area (Å²) in [6, 6.07) is 6.55. The molecule has 2 atom stereocenters. The summed E-state index contributed by atoms with van der Waals surface area (Å²) < 4.78 is 19.2. The summed E-state index contributed by atoms with van der Waals surface area (Å²) in [5, 5.41) is 3.66. The maximum absolute atomic E-state index is 5.94. The molecule has 0 aliphatic carbocycles. The molecule has 2 aromatic rings. The SMILES string of the molecule is CCCOc1cc(CN[C@H]2CCO[C@H](c3cncn3C)C2)ccc1OC. The monoisotopic (exact) mass is 359 g/mol. The van der Waals surface area contributed by atoms with Crippen molar-refractivity contribution in [2.75, 3.05) is 20.3 Å². The van der Waals surface area contributed by atoms with E-state index in [1.165, 1.54) is 5.56 Å². The van der Waals surface area contributed by atoms with Gasteiger partial charge in [-0.25, -0.2) is 4.98 Å². The number of hydrogen-bond acceptors (Lipinski definition) is 5. The van der Waals surface area contributed by atoms with Crippen LogP contribution in [0.3, 0.4) is 0 Å². The molecule has 0 bridgehead atoms. The van der Waals surface area contributed by atoms with E-state index in [0.717, 1.165) is 49.6 Å². The second-order valence-corrected chi connectivity index (χ2v) is 6.72. The van der Waals surface area contributed by atoms with Crippen molar-refractivity contribution in [2.45, 2.75) is 44.9 Å². The standard InChI is InChI=1S/C20H29N3O3/c1-4-8-25-20-10-15(5-6-18(20)24-3)12-22-16-7-9-26-19(11-16)17-13-21-14-23(17)2/h5-6,10,13-14,16,19,22H,4,7-9,11-12H2,1-3H3/t16-,19-/m0/s1. The van der Waals surface area contributed by atoms with Crippen molar-refractivity contribution in [3.8, 4) is 11.5 Å². The minimum absolute atomic E-state index is 0.105. The number of nitrogens with zero attached hydrogens (tertiary/aromatic N) is 2. The molecule has 1 N–H and O–H groups in total. The zero-order valence-corrected chi connectivity index (χ0v) is 15.9. The molecule has 0 spiro atoms. The Labute approximate surface area is 155 Å². The molecular weight excluding hydrogens is 330 g/mol. The second kappa shape index (κ2) is 9.05. The van der Waals surface area contributed by atoms with E-state index in [9.17, 15) is 0 Å². The Kier molecular flexibility index (Phi) is 6.52. The molecule has 0 radical (unpaired) electrons. The lowest BCUT2D eigenvalue weighted by atomic mass is 10.0. The summed E-state index contributed by atoms with van der Waals surface area (Å²) in [5.41, 5.74) is 2.33. The van der Waals surface area contributed by atoms with Crippen LogP contribution in [0.5, 0.6) is 11.5 Å². The Balaban J connectivity index is 1.59. The van der Waals surface area contributed by atoms with Gasteiger partial charge in [0.2, 0.25) is 0 Å². The number of nitrogens with one attached hydrogen (secondary N) is 1. The maximum Gasteiger partial charge on any atom is 0.161 e. The van der Waals surface area contributed by atoms with Crippen molar-refractivity contribution in [3.05, 3.63) is 42.0 Å². The smallest absolute Gasteiger partial charge is 0.161 e. The first-order valence-electron chi connectivity index (χ1n) is 9.32. The summed E-state index contributed by atoms with van der Waals surface area (Å²) in [4.78, 5) is 4.20. The largest absolute Gasteiger partial charge is 0.493 e. The van der Waals surface area contributed by atoms with Crippen LogP contribution in [0.25, 0.3) is 0 Å². The highest BCUT2D eigenvalue weighted by molar-refractivity contribution is 5.43. The summed E-state index contributed by atoms with van der Waals surface area (Å²) in [5.74, 6) is 1.60. The molecule has 0 unspecified atom stereocenters. The van der Waals surface area contributed by atoms with Crippen LogP contribution < -0.4 is 14.8 Å². The molecule has 1 fully saturated rings. The lowest BCUT2D eigenvalue weighted by Gasteiger charge is -2.30. The van der Waals surface area contributed by atoms with Crippen molar-refractivity contribution >= 4 is 0 Å². The number of hydrogen-bond donors (Lipinski definition) is 1. The van der Waals surface area contributed by atoms with Crippen LogP contribution >= 0.6 is 0 Å². The molecule has 6 nitrogen and oxygen atoms in total. The molecule has 3 rings (SSSR count). The molecule has 1 saturated heterocycles. The molecule has 2 heterocycles. The fourth-order valence-corrected chi connectivity index (χ4v) is 3.28. The van der Waals surface area contributed by atoms with Gasteiger partial charge < -0.3 is 24.1 Å². The zero-order chi connectivity index (χ0) is 18.4. The fraction of sp³-hybridized carbons (Fsp3) is 0.550. The van der Waals surface area contributed by atoms with Gasteiger partial charge in [-0.1, -0.05) is 13.0 Å². The Hall–Kier alpha value is -2.05. The van der Waals surface area contributed by atoms with Crippen LogP contribution in [0.15, 0.2) is 30.7 Å². The number of imidazole rings is 1. The topological polar surface area (TPSA) is 57.5 Å². The highest BCUT2D eigenvalue weighted by Crippen LogP contribution is 2.30. The third kappa shape index (κ3) is 4.56. The predicted molar refractivity (Wildman–Crippen MR) is 101 cm³/mol. The summed E-state index contributed by atoms with van der Waals surface area (Å²) in [6.07, 6.45) is 6.77. The summed E-state index contributed by atoms with van der Waals surface area (Å²) in [6.45, 7) is 4.36. The van der Waals surface area contributed by atoms with E-state index < -0.39 is 0 Å². The minimum Gasteiger partial charge on any atom is -0.493 e. The van der Waals surface area contributed by atoms with E-state index in [0.29, 0.717) is 12.6 Å². The van der Waals surface area contributed by atoms with E-state index in [1.54, 1.807) is 7.11 Å². The molecule has 1 aliphatic heterocycles. The van der Waals surface area contributed by atoms with Crippen molar-refractivity contribution in [2.24, 2.45) is 7.05 Å². The van der Waals surface area contributed by atoms with Gasteiger partial charge in [0.05, 0.1) is 31.9 Å². The number of rotatable bonds is 8. The van der Waals surface area contributed by atoms with E-state index >= 15 is 0 Å². The predicted octanol–water partition coefficient (Wildman–Crippen LogP) is 3.23. The van der Waals surface area contributed by atoms with Crippen molar-refractivity contribution in [1.29, 1.82) is 0 Å². The Morgan fingerprint density at radius 3 is 2.96 bits per heavy atom. The third-order valence-corrected chi connectivity index (χ3v) is 4.75. The molecule has 0 saturated carbocycles. The van der Waals surface area contributed by atoms with Crippen molar-refractivity contribution < 1.29 is 14.2 Å². The number of aryl methyl sites for hydroxylation is 1. The van der Waals surface area contributed by atoms with Gasteiger partial charge in [0.1, 0.15) is 6.10 Å². The van der Waals surface area contributed by atoms with Gasteiger partial charge in [0, 0.05) is 26.2 Å². The Morgan fingerprint density at radius 1 is 1.35 bits per heavy atom. The fourth-order valence-electron chi connectivity index (χ4n) is 3.28. The van der Waals surface area contributed by atoms with Crippen LogP contribution in [-0.2, 0) is 18.3 Å². The van der Waals surface area contributed by atoms with Crippen LogP contribution in [0.1, 0.15) is 43.5 Å². The highest BCUT2D eigenvalue weighted by Gasteiger charge is 2.25. The number of aromatic nitrogens is 2. The van der Waals surface area contributed by atoms with Gasteiger partial charge in [-0.2, -0.15) is 0 Å². The molecule has 1 aromatic carbocycles. The Bertz CT molecular complexity index is 701. The van der Waals surface area contributed by atoms with E-state index in [4.69, 9.17) is 14.2 Å². The van der Waals surface area contributed by atoms with Crippen molar-refractivity contribution in [3.63, 3.8) is 0 Å². The highest BCUT2D eigenvalue weighted by atomic mass is 16.5. The van der Waals surface area contributed by atoms with Gasteiger partial charge in [-0.05, 0) is 37.0 Å². The first kappa shape index (κ1) is 18.7. The first-order chi connectivity index (χ1) is 12.7. The van der Waals surface area contributed by atoms with Gasteiger partial charge in [-0.15, -0.1) is 0 Å². The van der Waals surface area contributed by atoms with Crippen LogP contribution in [0, 0.1) is 0 Å². The second-order valence-electron chi connectivity index (χ2n) is 6.72. The van der Waals surface area contributed by atoms with E-state index in [1.807, 2.05) is 30.2 Å². The molecule has 26 heavy (non-hydrogen) atoms. The third-order valence-electron chi connectivity index (χ3n) is 4.75. The number of methoxy groups -OCH3 is 1. The molecular formula is C20H29N3O3. The lowest BCUT2D eigenvalue weighted by molar-refractivity contribution is -0.00404. The Morgan fingerprint density at radius 2 is 2.23 bits per heavy atom. The quantitative estimate of drug-likeness (QED) is 0.784. The zero-order valence-electron chi connectivity index (χ0n) is 15.9. The van der Waals surface area contributed by atoms with Crippen LogP contribution in [-0.4, -0.2) is 35.9 Å². The van der Waals surface area contributed by atoms with Gasteiger partial charge in [0.15, 0.2) is 11.5 Å². The lowest BCUT2D eigenvalue weighted by Crippen LogP contribution is -2.36. The normalized spacial score (nSPS) is 20.1.